The third-order valence-corrected chi connectivity index (χ3v) is 7.37. The van der Waals surface area contributed by atoms with E-state index in [1.54, 1.807) is 25.3 Å². The summed E-state index contributed by atoms with van der Waals surface area (Å²) in [6, 6.07) is 13.5. The second-order valence-corrected chi connectivity index (χ2v) is 9.62. The molecule has 3 aromatic rings. The first-order chi connectivity index (χ1) is 17.1. The molecule has 3 heterocycles. The summed E-state index contributed by atoms with van der Waals surface area (Å²) in [5.74, 6) is 1.53. The number of hydrogen-bond donors (Lipinski definition) is 1. The molecular formula is C28H34N4O3. The molecule has 7 nitrogen and oxygen atoms in total. The van der Waals surface area contributed by atoms with E-state index in [-0.39, 0.29) is 17.5 Å². The molecule has 0 radical (unpaired) electrons. The molecule has 2 aliphatic heterocycles. The number of methoxy groups -OCH3 is 1. The summed E-state index contributed by atoms with van der Waals surface area (Å²) in [5.41, 5.74) is 2.32. The smallest absolute Gasteiger partial charge is 0.261 e. The Kier molecular flexibility index (Phi) is 7.13. The third kappa shape index (κ3) is 5.10. The van der Waals surface area contributed by atoms with Crippen LogP contribution in [0.1, 0.15) is 66.3 Å². The lowest BCUT2D eigenvalue weighted by Crippen LogP contribution is -2.36. The lowest BCUT2D eigenvalue weighted by Gasteiger charge is -2.28. The zero-order valence-corrected chi connectivity index (χ0v) is 20.5. The lowest BCUT2D eigenvalue weighted by atomic mass is 10.0. The molecule has 5 rings (SSSR count). The minimum atomic E-state index is -0.141. The van der Waals surface area contributed by atoms with Crippen LogP contribution >= 0.6 is 0 Å². The SMILES string of the molecule is COc1ccc(C(CNC(=O)c2ccc3c(=O)n4c(nc3c2)CCCCCC4)N2CCCC2)cc1. The van der Waals surface area contributed by atoms with Gasteiger partial charge in [-0.05, 0) is 74.7 Å². The molecule has 35 heavy (non-hydrogen) atoms. The number of aryl methyl sites for hydroxylation is 1. The maximum atomic E-state index is 13.2. The van der Waals surface area contributed by atoms with Crippen LogP contribution in [0.15, 0.2) is 47.3 Å². The summed E-state index contributed by atoms with van der Waals surface area (Å²) in [5, 5.41) is 3.72. The number of carbonyl (C=O) groups excluding carboxylic acids is 1. The van der Waals surface area contributed by atoms with Gasteiger partial charge in [0.1, 0.15) is 11.6 Å². The first-order valence-corrected chi connectivity index (χ1v) is 12.8. The molecule has 184 valence electrons. The fourth-order valence-electron chi connectivity index (χ4n) is 5.36. The van der Waals surface area contributed by atoms with Gasteiger partial charge in [0, 0.05) is 25.1 Å². The van der Waals surface area contributed by atoms with Gasteiger partial charge < -0.3 is 10.1 Å². The van der Waals surface area contributed by atoms with Crippen LogP contribution in [0, 0.1) is 0 Å². The molecule has 1 N–H and O–H groups in total. The van der Waals surface area contributed by atoms with Crippen LogP contribution < -0.4 is 15.6 Å². The minimum absolute atomic E-state index is 0.00691. The molecule has 2 aliphatic rings. The van der Waals surface area contributed by atoms with Crippen LogP contribution in [0.2, 0.25) is 0 Å². The molecular weight excluding hydrogens is 440 g/mol. The second kappa shape index (κ2) is 10.6. The molecule has 1 amide bonds. The molecule has 7 heteroatoms. The highest BCUT2D eigenvalue weighted by Gasteiger charge is 2.24. The van der Waals surface area contributed by atoms with Gasteiger partial charge in [0.15, 0.2) is 0 Å². The van der Waals surface area contributed by atoms with Gasteiger partial charge in [-0.1, -0.05) is 25.0 Å². The largest absolute Gasteiger partial charge is 0.497 e. The van der Waals surface area contributed by atoms with Crippen molar-refractivity contribution in [1.82, 2.24) is 19.8 Å². The molecule has 1 fully saturated rings. The maximum absolute atomic E-state index is 13.2. The van der Waals surface area contributed by atoms with E-state index in [0.717, 1.165) is 56.9 Å². The van der Waals surface area contributed by atoms with E-state index in [1.165, 1.54) is 24.8 Å². The maximum Gasteiger partial charge on any atom is 0.261 e. The van der Waals surface area contributed by atoms with Crippen LogP contribution in [0.5, 0.6) is 5.75 Å². The molecule has 1 saturated heterocycles. The molecule has 2 aromatic carbocycles. The van der Waals surface area contributed by atoms with Crippen molar-refractivity contribution in [3.05, 3.63) is 69.8 Å². The van der Waals surface area contributed by atoms with Gasteiger partial charge in [-0.3, -0.25) is 19.1 Å². The van der Waals surface area contributed by atoms with Crippen molar-refractivity contribution in [3.63, 3.8) is 0 Å². The van der Waals surface area contributed by atoms with E-state index < -0.39 is 0 Å². The van der Waals surface area contributed by atoms with E-state index in [4.69, 9.17) is 9.72 Å². The number of carbonyl (C=O) groups is 1. The minimum Gasteiger partial charge on any atom is -0.497 e. The fraction of sp³-hybridized carbons (Fsp3) is 0.464. The zero-order valence-electron chi connectivity index (χ0n) is 20.5. The van der Waals surface area contributed by atoms with Crippen LogP contribution in [0.3, 0.4) is 0 Å². The van der Waals surface area contributed by atoms with Crippen LogP contribution in [0.4, 0.5) is 0 Å². The summed E-state index contributed by atoms with van der Waals surface area (Å²) in [4.78, 5) is 33.5. The Morgan fingerprint density at radius 3 is 2.51 bits per heavy atom. The number of fused-ring (bicyclic) bond motifs is 2. The molecule has 0 bridgehead atoms. The summed E-state index contributed by atoms with van der Waals surface area (Å²) >= 11 is 0. The number of nitrogens with zero attached hydrogens (tertiary/aromatic N) is 3. The van der Waals surface area contributed by atoms with Crippen molar-refractivity contribution < 1.29 is 9.53 Å². The first-order valence-electron chi connectivity index (χ1n) is 12.8. The van der Waals surface area contributed by atoms with Gasteiger partial charge in [0.05, 0.1) is 24.1 Å². The number of hydrogen-bond acceptors (Lipinski definition) is 5. The van der Waals surface area contributed by atoms with Gasteiger partial charge in [-0.2, -0.15) is 0 Å². The average molecular weight is 475 g/mol. The van der Waals surface area contributed by atoms with Crippen molar-refractivity contribution in [2.45, 2.75) is 57.5 Å². The van der Waals surface area contributed by atoms with E-state index in [0.29, 0.717) is 23.0 Å². The fourth-order valence-corrected chi connectivity index (χ4v) is 5.36. The van der Waals surface area contributed by atoms with Crippen LogP contribution in [0.25, 0.3) is 10.9 Å². The highest BCUT2D eigenvalue weighted by Crippen LogP contribution is 2.26. The van der Waals surface area contributed by atoms with Gasteiger partial charge in [-0.15, -0.1) is 0 Å². The van der Waals surface area contributed by atoms with E-state index in [1.807, 2.05) is 16.7 Å². The molecule has 1 unspecified atom stereocenters. The van der Waals surface area contributed by atoms with Crippen LogP contribution in [-0.2, 0) is 13.0 Å². The summed E-state index contributed by atoms with van der Waals surface area (Å²) in [7, 11) is 1.67. The Labute approximate surface area is 206 Å². The number of likely N-dealkylation sites (tertiary alicyclic amines) is 1. The number of ether oxygens (including phenoxy) is 1. The van der Waals surface area contributed by atoms with Crippen molar-refractivity contribution in [1.29, 1.82) is 0 Å². The molecule has 0 aliphatic carbocycles. The Morgan fingerprint density at radius 1 is 1.00 bits per heavy atom. The Balaban J connectivity index is 1.36. The van der Waals surface area contributed by atoms with Crippen molar-refractivity contribution in [2.75, 3.05) is 26.7 Å². The summed E-state index contributed by atoms with van der Waals surface area (Å²) < 4.78 is 7.14. The number of aromatic nitrogens is 2. The Morgan fingerprint density at radius 2 is 1.74 bits per heavy atom. The van der Waals surface area contributed by atoms with Crippen LogP contribution in [-0.4, -0.2) is 47.1 Å². The molecule has 0 saturated carbocycles. The number of amides is 1. The lowest BCUT2D eigenvalue weighted by molar-refractivity contribution is 0.0938. The predicted octanol–water partition coefficient (Wildman–Crippen LogP) is 4.09. The number of benzene rings is 2. The molecule has 1 atom stereocenters. The Bertz CT molecular complexity index is 1250. The van der Waals surface area contributed by atoms with Crippen molar-refractivity contribution in [2.24, 2.45) is 0 Å². The zero-order chi connectivity index (χ0) is 24.2. The van der Waals surface area contributed by atoms with Gasteiger partial charge in [-0.25, -0.2) is 4.98 Å². The molecule has 0 spiro atoms. The normalized spacial score (nSPS) is 17.4. The predicted molar refractivity (Wildman–Crippen MR) is 137 cm³/mol. The monoisotopic (exact) mass is 474 g/mol. The standard InChI is InChI=1S/C28H34N4O3/c1-35-22-12-9-20(10-13-22)25(31-15-6-7-16-31)19-29-27(33)21-11-14-23-24(18-21)30-26-8-4-2-3-5-17-32(26)28(23)34/h9-14,18,25H,2-8,15-17,19H2,1H3,(H,29,33). The topological polar surface area (TPSA) is 76.5 Å². The van der Waals surface area contributed by atoms with Crippen molar-refractivity contribution in [3.8, 4) is 5.75 Å². The van der Waals surface area contributed by atoms with E-state index in [2.05, 4.69) is 22.3 Å². The van der Waals surface area contributed by atoms with Gasteiger partial charge >= 0.3 is 0 Å². The number of rotatable bonds is 6. The molecule has 1 aromatic heterocycles. The van der Waals surface area contributed by atoms with Crippen molar-refractivity contribution >= 4 is 16.8 Å². The average Bonchev–Trinajstić information content (AvgIpc) is 3.40. The quantitative estimate of drug-likeness (QED) is 0.582. The second-order valence-electron chi connectivity index (χ2n) is 9.62. The van der Waals surface area contributed by atoms with E-state index in [9.17, 15) is 9.59 Å². The highest BCUT2D eigenvalue weighted by molar-refractivity contribution is 5.97. The first kappa shape index (κ1) is 23.5. The number of nitrogens with one attached hydrogen (secondary N) is 1. The Hall–Kier alpha value is -3.19. The van der Waals surface area contributed by atoms with Gasteiger partial charge in [0.2, 0.25) is 0 Å². The highest BCUT2D eigenvalue weighted by atomic mass is 16.5. The van der Waals surface area contributed by atoms with E-state index >= 15 is 0 Å². The van der Waals surface area contributed by atoms with Gasteiger partial charge in [0.25, 0.3) is 11.5 Å². The summed E-state index contributed by atoms with van der Waals surface area (Å²) in [6.45, 7) is 3.30. The summed E-state index contributed by atoms with van der Waals surface area (Å²) in [6.07, 6.45) is 7.53. The third-order valence-electron chi connectivity index (χ3n) is 7.37.